The number of hydrogen-bond donors (Lipinski definition) is 2. The maximum atomic E-state index is 12.5. The Morgan fingerprint density at radius 3 is 2.48 bits per heavy atom. The Morgan fingerprint density at radius 1 is 1.24 bits per heavy atom. The average molecular weight is 325 g/mol. The van der Waals surface area contributed by atoms with Crippen molar-refractivity contribution in [1.29, 1.82) is 0 Å². The van der Waals surface area contributed by atoms with Crippen LogP contribution in [0.15, 0.2) is 17.2 Å². The molecule has 0 atom stereocenters. The fourth-order valence-electron chi connectivity index (χ4n) is 2.32. The van der Waals surface area contributed by atoms with Crippen molar-refractivity contribution >= 4 is 27.0 Å². The molecule has 2 rings (SSSR count). The summed E-state index contributed by atoms with van der Waals surface area (Å²) in [6.45, 7) is 7.52. The summed E-state index contributed by atoms with van der Waals surface area (Å²) >= 11 is 1.47. The van der Waals surface area contributed by atoms with E-state index >= 15 is 0 Å². The van der Waals surface area contributed by atoms with Gasteiger partial charge in [-0.25, -0.2) is 18.1 Å². The van der Waals surface area contributed by atoms with Crippen LogP contribution in [-0.4, -0.2) is 13.4 Å². The Labute approximate surface area is 129 Å². The van der Waals surface area contributed by atoms with Crippen LogP contribution in [0, 0.1) is 27.7 Å². The molecule has 21 heavy (non-hydrogen) atoms. The molecule has 0 radical (unpaired) electrons. The molecule has 7 heteroatoms. The van der Waals surface area contributed by atoms with Crippen molar-refractivity contribution in [2.24, 2.45) is 0 Å². The first-order valence-corrected chi connectivity index (χ1v) is 8.79. The third-order valence-electron chi connectivity index (χ3n) is 3.33. The summed E-state index contributed by atoms with van der Waals surface area (Å²) in [6, 6.07) is 1.80. The van der Waals surface area contributed by atoms with Crippen LogP contribution in [-0.2, 0) is 16.6 Å². The Morgan fingerprint density at radius 2 is 1.90 bits per heavy atom. The summed E-state index contributed by atoms with van der Waals surface area (Å²) in [6.07, 6.45) is 1.69. The zero-order valence-electron chi connectivity index (χ0n) is 12.5. The van der Waals surface area contributed by atoms with Gasteiger partial charge >= 0.3 is 0 Å². The second-order valence-corrected chi connectivity index (χ2v) is 8.07. The molecule has 114 valence electrons. The van der Waals surface area contributed by atoms with Gasteiger partial charge in [0.25, 0.3) is 0 Å². The van der Waals surface area contributed by atoms with Crippen LogP contribution in [0.4, 0.5) is 5.69 Å². The molecule has 2 aromatic rings. The third-order valence-corrected chi connectivity index (χ3v) is 5.94. The second-order valence-electron chi connectivity index (χ2n) is 5.05. The van der Waals surface area contributed by atoms with Crippen molar-refractivity contribution in [2.45, 2.75) is 39.1 Å². The predicted molar refractivity (Wildman–Crippen MR) is 85.9 cm³/mol. The van der Waals surface area contributed by atoms with Crippen LogP contribution in [0.1, 0.15) is 26.6 Å². The lowest BCUT2D eigenvalue weighted by Gasteiger charge is -2.15. The van der Waals surface area contributed by atoms with Crippen molar-refractivity contribution < 1.29 is 8.42 Å². The normalized spacial score (nSPS) is 11.8. The molecule has 0 unspecified atom stereocenters. The molecule has 0 aliphatic heterocycles. The number of nitrogens with zero attached hydrogens (tertiary/aromatic N) is 1. The van der Waals surface area contributed by atoms with E-state index in [9.17, 15) is 8.42 Å². The predicted octanol–water partition coefficient (Wildman–Crippen LogP) is 2.44. The van der Waals surface area contributed by atoms with Gasteiger partial charge in [-0.05, 0) is 44.4 Å². The SMILES string of the molecule is Cc1ncc(CNS(=O)(=O)c2c(C)cc(C)c(N)c2C)s1. The molecule has 0 spiro atoms. The Kier molecular flexibility index (Phi) is 4.36. The van der Waals surface area contributed by atoms with E-state index in [1.165, 1.54) is 11.3 Å². The van der Waals surface area contributed by atoms with Crippen LogP contribution < -0.4 is 10.5 Å². The van der Waals surface area contributed by atoms with Gasteiger partial charge in [0, 0.05) is 23.3 Å². The number of aromatic nitrogens is 1. The number of nitrogens with one attached hydrogen (secondary N) is 1. The highest BCUT2D eigenvalue weighted by molar-refractivity contribution is 7.89. The summed E-state index contributed by atoms with van der Waals surface area (Å²) in [5, 5.41) is 0.913. The molecular weight excluding hydrogens is 306 g/mol. The summed E-state index contributed by atoms with van der Waals surface area (Å²) in [5.74, 6) is 0. The van der Waals surface area contributed by atoms with E-state index < -0.39 is 10.0 Å². The summed E-state index contributed by atoms with van der Waals surface area (Å²) in [5.41, 5.74) is 8.67. The van der Waals surface area contributed by atoms with Gasteiger partial charge in [0.05, 0.1) is 9.90 Å². The fraction of sp³-hybridized carbons (Fsp3) is 0.357. The van der Waals surface area contributed by atoms with Crippen molar-refractivity contribution in [3.63, 3.8) is 0 Å². The minimum absolute atomic E-state index is 0.237. The number of sulfonamides is 1. The minimum Gasteiger partial charge on any atom is -0.398 e. The number of rotatable bonds is 4. The highest BCUT2D eigenvalue weighted by Gasteiger charge is 2.22. The quantitative estimate of drug-likeness (QED) is 0.846. The topological polar surface area (TPSA) is 85.1 Å². The van der Waals surface area contributed by atoms with Crippen LogP contribution in [0.25, 0.3) is 0 Å². The Bertz CT molecular complexity index is 780. The first kappa shape index (κ1) is 15.9. The molecule has 0 saturated heterocycles. The van der Waals surface area contributed by atoms with Gasteiger partial charge in [0.1, 0.15) is 0 Å². The fourth-order valence-corrected chi connectivity index (χ4v) is 4.63. The number of hydrogen-bond acceptors (Lipinski definition) is 5. The van der Waals surface area contributed by atoms with Gasteiger partial charge in [-0.3, -0.25) is 0 Å². The van der Waals surface area contributed by atoms with Crippen LogP contribution >= 0.6 is 11.3 Å². The summed E-state index contributed by atoms with van der Waals surface area (Å²) < 4.78 is 27.7. The average Bonchev–Trinajstić information content (AvgIpc) is 2.79. The molecule has 0 amide bonds. The summed E-state index contributed by atoms with van der Waals surface area (Å²) in [4.78, 5) is 5.27. The Balaban J connectivity index is 2.34. The maximum Gasteiger partial charge on any atom is 0.241 e. The van der Waals surface area contributed by atoms with Crippen molar-refractivity contribution in [3.8, 4) is 0 Å². The first-order valence-electron chi connectivity index (χ1n) is 6.49. The molecular formula is C14H19N3O2S2. The molecule has 3 N–H and O–H groups in total. The zero-order chi connectivity index (χ0) is 15.8. The van der Waals surface area contributed by atoms with Crippen molar-refractivity contribution in [3.05, 3.63) is 38.8 Å². The van der Waals surface area contributed by atoms with Gasteiger partial charge in [0.15, 0.2) is 0 Å². The van der Waals surface area contributed by atoms with E-state index in [1.54, 1.807) is 26.1 Å². The maximum absolute atomic E-state index is 12.5. The van der Waals surface area contributed by atoms with E-state index in [0.717, 1.165) is 15.4 Å². The van der Waals surface area contributed by atoms with Crippen LogP contribution in [0.2, 0.25) is 0 Å². The lowest BCUT2D eigenvalue weighted by atomic mass is 10.1. The van der Waals surface area contributed by atoms with Gasteiger partial charge in [0.2, 0.25) is 10.0 Å². The first-order chi connectivity index (χ1) is 9.72. The number of benzene rings is 1. The standard InChI is InChI=1S/C14H19N3O2S2/c1-8-5-9(2)14(10(3)13(8)15)21(18,19)17-7-12-6-16-11(4)20-12/h5-6,17H,7,15H2,1-4H3. The van der Waals surface area contributed by atoms with E-state index in [4.69, 9.17) is 5.73 Å². The molecule has 1 aromatic carbocycles. The van der Waals surface area contributed by atoms with E-state index in [2.05, 4.69) is 9.71 Å². The monoisotopic (exact) mass is 325 g/mol. The van der Waals surface area contributed by atoms with Crippen LogP contribution in [0.5, 0.6) is 0 Å². The molecule has 0 bridgehead atoms. The molecule has 1 aromatic heterocycles. The lowest BCUT2D eigenvalue weighted by Crippen LogP contribution is -2.25. The van der Waals surface area contributed by atoms with Crippen LogP contribution in [0.3, 0.4) is 0 Å². The van der Waals surface area contributed by atoms with Crippen molar-refractivity contribution in [1.82, 2.24) is 9.71 Å². The van der Waals surface area contributed by atoms with E-state index in [0.29, 0.717) is 16.8 Å². The van der Waals surface area contributed by atoms with E-state index in [-0.39, 0.29) is 11.4 Å². The molecule has 0 aliphatic rings. The van der Waals surface area contributed by atoms with Gasteiger partial charge in [-0.2, -0.15) is 0 Å². The van der Waals surface area contributed by atoms with Gasteiger partial charge in [-0.1, -0.05) is 6.07 Å². The molecule has 5 nitrogen and oxygen atoms in total. The van der Waals surface area contributed by atoms with Crippen molar-refractivity contribution in [2.75, 3.05) is 5.73 Å². The van der Waals surface area contributed by atoms with Gasteiger partial charge < -0.3 is 5.73 Å². The smallest absolute Gasteiger partial charge is 0.241 e. The van der Waals surface area contributed by atoms with Gasteiger partial charge in [-0.15, -0.1) is 11.3 Å². The Hall–Kier alpha value is -1.44. The molecule has 0 saturated carbocycles. The second kappa shape index (κ2) is 5.75. The zero-order valence-corrected chi connectivity index (χ0v) is 14.2. The number of thiazole rings is 1. The number of anilines is 1. The number of nitrogens with two attached hydrogens (primary N) is 1. The third kappa shape index (κ3) is 3.25. The molecule has 1 heterocycles. The highest BCUT2D eigenvalue weighted by Crippen LogP contribution is 2.28. The summed E-state index contributed by atoms with van der Waals surface area (Å²) in [7, 11) is -3.60. The minimum atomic E-state index is -3.60. The largest absolute Gasteiger partial charge is 0.398 e. The lowest BCUT2D eigenvalue weighted by molar-refractivity contribution is 0.580. The molecule has 0 fully saturated rings. The number of nitrogen functional groups attached to an aromatic ring is 1. The number of aryl methyl sites for hydroxylation is 3. The van der Waals surface area contributed by atoms with E-state index in [1.807, 2.05) is 13.8 Å². The highest BCUT2D eigenvalue weighted by atomic mass is 32.2. The molecule has 0 aliphatic carbocycles.